The van der Waals surface area contributed by atoms with E-state index >= 15 is 0 Å². The highest BCUT2D eigenvalue weighted by Crippen LogP contribution is 2.23. The van der Waals surface area contributed by atoms with Crippen molar-refractivity contribution in [3.8, 4) is 0 Å². The molecule has 0 saturated heterocycles. The molecule has 0 unspecified atom stereocenters. The second-order valence-electron chi connectivity index (χ2n) is 4.69. The number of rotatable bonds is 4. The van der Waals surface area contributed by atoms with Gasteiger partial charge in [0.1, 0.15) is 12.2 Å². The molecule has 0 saturated carbocycles. The third kappa shape index (κ3) is 2.34. The average molecular weight is 267 g/mol. The van der Waals surface area contributed by atoms with Crippen LogP contribution in [0.2, 0.25) is 0 Å². The summed E-state index contributed by atoms with van der Waals surface area (Å²) in [4.78, 5) is 8.87. The SMILES string of the molecule is CCc1cc(NCc2ncnn2C)c2ccccc2n1. The number of nitrogens with zero attached hydrogens (tertiary/aromatic N) is 4. The van der Waals surface area contributed by atoms with Crippen LogP contribution in [0.15, 0.2) is 36.7 Å². The van der Waals surface area contributed by atoms with Crippen molar-refractivity contribution in [1.29, 1.82) is 0 Å². The minimum atomic E-state index is 0.646. The largest absolute Gasteiger partial charge is 0.377 e. The number of fused-ring (bicyclic) bond motifs is 1. The molecule has 102 valence electrons. The first-order valence-electron chi connectivity index (χ1n) is 6.73. The van der Waals surface area contributed by atoms with Crippen LogP contribution in [0.1, 0.15) is 18.4 Å². The van der Waals surface area contributed by atoms with E-state index in [1.807, 2.05) is 25.2 Å². The minimum absolute atomic E-state index is 0.646. The van der Waals surface area contributed by atoms with Gasteiger partial charge in [0.25, 0.3) is 0 Å². The second kappa shape index (κ2) is 5.28. The summed E-state index contributed by atoms with van der Waals surface area (Å²) in [6.45, 7) is 2.76. The smallest absolute Gasteiger partial charge is 0.145 e. The molecule has 1 aromatic carbocycles. The molecular weight excluding hydrogens is 250 g/mol. The van der Waals surface area contributed by atoms with E-state index in [-0.39, 0.29) is 0 Å². The highest BCUT2D eigenvalue weighted by Gasteiger charge is 2.06. The number of benzene rings is 1. The fraction of sp³-hybridized carbons (Fsp3) is 0.267. The number of anilines is 1. The Morgan fingerprint density at radius 3 is 2.85 bits per heavy atom. The lowest BCUT2D eigenvalue weighted by Gasteiger charge is -2.11. The van der Waals surface area contributed by atoms with Crippen molar-refractivity contribution in [2.24, 2.45) is 7.05 Å². The third-order valence-corrected chi connectivity index (χ3v) is 3.37. The number of aromatic nitrogens is 4. The normalized spacial score (nSPS) is 10.9. The molecule has 0 fully saturated rings. The second-order valence-corrected chi connectivity index (χ2v) is 4.69. The summed E-state index contributed by atoms with van der Waals surface area (Å²) in [5.74, 6) is 0.906. The van der Waals surface area contributed by atoms with Gasteiger partial charge in [-0.25, -0.2) is 4.98 Å². The predicted molar refractivity (Wildman–Crippen MR) is 79.5 cm³/mol. The van der Waals surface area contributed by atoms with Crippen molar-refractivity contribution in [2.45, 2.75) is 19.9 Å². The summed E-state index contributed by atoms with van der Waals surface area (Å²) in [5, 5.41) is 8.65. The first kappa shape index (κ1) is 12.6. The van der Waals surface area contributed by atoms with Gasteiger partial charge in [0.2, 0.25) is 0 Å². The molecule has 2 aromatic heterocycles. The quantitative estimate of drug-likeness (QED) is 0.789. The number of aryl methyl sites for hydroxylation is 2. The molecule has 0 aliphatic heterocycles. The van der Waals surface area contributed by atoms with E-state index in [2.05, 4.69) is 39.4 Å². The maximum Gasteiger partial charge on any atom is 0.145 e. The van der Waals surface area contributed by atoms with E-state index in [1.165, 1.54) is 0 Å². The molecule has 2 heterocycles. The monoisotopic (exact) mass is 267 g/mol. The summed E-state index contributed by atoms with van der Waals surface area (Å²) in [5.41, 5.74) is 3.20. The molecule has 5 nitrogen and oxygen atoms in total. The molecule has 0 bridgehead atoms. The average Bonchev–Trinajstić information content (AvgIpc) is 2.89. The van der Waals surface area contributed by atoms with E-state index in [0.717, 1.165) is 34.5 Å². The lowest BCUT2D eigenvalue weighted by atomic mass is 10.1. The summed E-state index contributed by atoms with van der Waals surface area (Å²) in [6, 6.07) is 10.3. The summed E-state index contributed by atoms with van der Waals surface area (Å²) in [6.07, 6.45) is 2.49. The maximum atomic E-state index is 4.64. The van der Waals surface area contributed by atoms with Crippen molar-refractivity contribution in [3.05, 3.63) is 48.2 Å². The molecule has 0 aliphatic carbocycles. The zero-order valence-corrected chi connectivity index (χ0v) is 11.7. The van der Waals surface area contributed by atoms with E-state index in [9.17, 15) is 0 Å². The van der Waals surface area contributed by atoms with Crippen molar-refractivity contribution in [2.75, 3.05) is 5.32 Å². The fourth-order valence-electron chi connectivity index (χ4n) is 2.21. The van der Waals surface area contributed by atoms with Gasteiger partial charge in [-0.15, -0.1) is 0 Å². The lowest BCUT2D eigenvalue weighted by molar-refractivity contribution is 0.712. The number of hydrogen-bond donors (Lipinski definition) is 1. The molecule has 1 N–H and O–H groups in total. The zero-order valence-electron chi connectivity index (χ0n) is 11.7. The zero-order chi connectivity index (χ0) is 13.9. The first-order chi connectivity index (χ1) is 9.78. The third-order valence-electron chi connectivity index (χ3n) is 3.37. The number of para-hydroxylation sites is 1. The molecule has 0 atom stereocenters. The summed E-state index contributed by atoms with van der Waals surface area (Å²) >= 11 is 0. The van der Waals surface area contributed by atoms with Crippen LogP contribution in [0.3, 0.4) is 0 Å². The standard InChI is InChI=1S/C15H17N5/c1-3-11-8-14(12-6-4-5-7-13(12)19-11)16-9-15-17-10-18-20(15)2/h4-8,10H,3,9H2,1-2H3,(H,16,19). The van der Waals surface area contributed by atoms with Gasteiger partial charge in [-0.1, -0.05) is 25.1 Å². The number of pyridine rings is 1. The Labute approximate surface area is 117 Å². The van der Waals surface area contributed by atoms with Gasteiger partial charge in [-0.2, -0.15) is 5.10 Å². The molecule has 3 rings (SSSR count). The number of hydrogen-bond acceptors (Lipinski definition) is 4. The van der Waals surface area contributed by atoms with Crippen LogP contribution >= 0.6 is 0 Å². The molecule has 0 aliphatic rings. The van der Waals surface area contributed by atoms with Crippen LogP contribution in [-0.2, 0) is 20.0 Å². The van der Waals surface area contributed by atoms with Crippen LogP contribution < -0.4 is 5.32 Å². The lowest BCUT2D eigenvalue weighted by Crippen LogP contribution is -2.07. The Hall–Kier alpha value is -2.43. The summed E-state index contributed by atoms with van der Waals surface area (Å²) < 4.78 is 1.77. The van der Waals surface area contributed by atoms with Crippen LogP contribution in [0.4, 0.5) is 5.69 Å². The van der Waals surface area contributed by atoms with Gasteiger partial charge in [-0.3, -0.25) is 9.67 Å². The molecule has 0 radical (unpaired) electrons. The van der Waals surface area contributed by atoms with Crippen molar-refractivity contribution in [3.63, 3.8) is 0 Å². The first-order valence-corrected chi connectivity index (χ1v) is 6.73. The van der Waals surface area contributed by atoms with E-state index in [1.54, 1.807) is 11.0 Å². The Kier molecular flexibility index (Phi) is 3.33. The van der Waals surface area contributed by atoms with Crippen LogP contribution in [0, 0.1) is 0 Å². The van der Waals surface area contributed by atoms with Crippen LogP contribution in [-0.4, -0.2) is 19.7 Å². The topological polar surface area (TPSA) is 55.6 Å². The van der Waals surface area contributed by atoms with E-state index in [4.69, 9.17) is 0 Å². The van der Waals surface area contributed by atoms with Gasteiger partial charge in [0.05, 0.1) is 12.1 Å². The summed E-state index contributed by atoms with van der Waals surface area (Å²) in [7, 11) is 1.89. The van der Waals surface area contributed by atoms with Gasteiger partial charge >= 0.3 is 0 Å². The van der Waals surface area contributed by atoms with Gasteiger partial charge in [0.15, 0.2) is 0 Å². The Bertz CT molecular complexity index is 732. The highest BCUT2D eigenvalue weighted by atomic mass is 15.3. The molecule has 0 amide bonds. The Morgan fingerprint density at radius 1 is 1.25 bits per heavy atom. The maximum absolute atomic E-state index is 4.64. The predicted octanol–water partition coefficient (Wildman–Crippen LogP) is 2.54. The van der Waals surface area contributed by atoms with Crippen molar-refractivity contribution < 1.29 is 0 Å². The fourth-order valence-corrected chi connectivity index (χ4v) is 2.21. The van der Waals surface area contributed by atoms with E-state index in [0.29, 0.717) is 6.54 Å². The Balaban J connectivity index is 1.95. The number of nitrogens with one attached hydrogen (secondary N) is 1. The van der Waals surface area contributed by atoms with Crippen molar-refractivity contribution in [1.82, 2.24) is 19.7 Å². The van der Waals surface area contributed by atoms with Crippen LogP contribution in [0.25, 0.3) is 10.9 Å². The molecule has 5 heteroatoms. The molecular formula is C15H17N5. The molecule has 0 spiro atoms. The van der Waals surface area contributed by atoms with E-state index < -0.39 is 0 Å². The molecule has 3 aromatic rings. The van der Waals surface area contributed by atoms with Crippen LogP contribution in [0.5, 0.6) is 0 Å². The van der Waals surface area contributed by atoms with Gasteiger partial charge < -0.3 is 5.32 Å². The van der Waals surface area contributed by atoms with Gasteiger partial charge in [-0.05, 0) is 18.6 Å². The molecule has 20 heavy (non-hydrogen) atoms. The highest BCUT2D eigenvalue weighted by molar-refractivity contribution is 5.91. The Morgan fingerprint density at radius 2 is 2.10 bits per heavy atom. The minimum Gasteiger partial charge on any atom is -0.377 e. The van der Waals surface area contributed by atoms with Gasteiger partial charge in [0, 0.05) is 23.8 Å². The van der Waals surface area contributed by atoms with Crippen molar-refractivity contribution >= 4 is 16.6 Å².